The Morgan fingerprint density at radius 3 is 2.67 bits per heavy atom. The molecule has 0 radical (unpaired) electrons. The quantitative estimate of drug-likeness (QED) is 0.508. The van der Waals surface area contributed by atoms with Crippen molar-refractivity contribution in [2.75, 3.05) is 5.32 Å². The van der Waals surface area contributed by atoms with Crippen molar-refractivity contribution in [3.05, 3.63) is 65.0 Å². The third-order valence-corrected chi connectivity index (χ3v) is 4.31. The molecule has 0 fully saturated rings. The van der Waals surface area contributed by atoms with Crippen LogP contribution in [0.15, 0.2) is 55.0 Å². The standard InChI is InChI=1S/C18H11Cl2N5O2/c19-11-2-1-3-12(20)16(11)17-23-13-5-4-10(8-14(13)24-17)27-18(26)25-15-6-7-21-9-22-15/h1-9H,(H,23,24)(H,21,22,25,26). The molecule has 7 nitrogen and oxygen atoms in total. The minimum Gasteiger partial charge on any atom is -0.410 e. The van der Waals surface area contributed by atoms with E-state index in [-0.39, 0.29) is 0 Å². The number of aromatic amines is 1. The number of hydrogen-bond donors (Lipinski definition) is 2. The molecular formula is C18H11Cl2N5O2. The van der Waals surface area contributed by atoms with Crippen molar-refractivity contribution in [2.45, 2.75) is 0 Å². The molecule has 9 heteroatoms. The Balaban J connectivity index is 1.59. The van der Waals surface area contributed by atoms with Gasteiger partial charge in [-0.2, -0.15) is 0 Å². The first-order valence-corrected chi connectivity index (χ1v) is 8.55. The van der Waals surface area contributed by atoms with E-state index in [2.05, 4.69) is 25.3 Å². The molecule has 4 rings (SSSR count). The molecule has 2 heterocycles. The maximum absolute atomic E-state index is 12.0. The average molecular weight is 400 g/mol. The molecule has 0 aliphatic rings. The molecule has 0 spiro atoms. The molecule has 1 amide bonds. The number of nitrogens with zero attached hydrogens (tertiary/aromatic N) is 3. The van der Waals surface area contributed by atoms with Gasteiger partial charge in [0.15, 0.2) is 0 Å². The molecule has 0 bridgehead atoms. The number of rotatable bonds is 3. The lowest BCUT2D eigenvalue weighted by Crippen LogP contribution is -2.17. The number of ether oxygens (including phenoxy) is 1. The van der Waals surface area contributed by atoms with Crippen molar-refractivity contribution in [3.8, 4) is 17.1 Å². The summed E-state index contributed by atoms with van der Waals surface area (Å²) in [5.74, 6) is 1.21. The summed E-state index contributed by atoms with van der Waals surface area (Å²) in [6.07, 6.45) is 2.18. The highest BCUT2D eigenvalue weighted by atomic mass is 35.5. The van der Waals surface area contributed by atoms with Crippen LogP contribution in [0.4, 0.5) is 10.6 Å². The monoisotopic (exact) mass is 399 g/mol. The van der Waals surface area contributed by atoms with E-state index in [0.717, 1.165) is 0 Å². The Labute approximate surface area is 163 Å². The van der Waals surface area contributed by atoms with Gasteiger partial charge in [-0.15, -0.1) is 0 Å². The topological polar surface area (TPSA) is 92.8 Å². The summed E-state index contributed by atoms with van der Waals surface area (Å²) in [6, 6.07) is 11.8. The van der Waals surface area contributed by atoms with Crippen LogP contribution >= 0.6 is 23.2 Å². The Kier molecular flexibility index (Phi) is 4.62. The predicted octanol–water partition coefficient (Wildman–Crippen LogP) is 4.94. The fraction of sp³-hybridized carbons (Fsp3) is 0. The number of benzene rings is 2. The van der Waals surface area contributed by atoms with Crippen molar-refractivity contribution in [1.29, 1.82) is 0 Å². The first-order valence-electron chi connectivity index (χ1n) is 7.79. The first-order chi connectivity index (χ1) is 13.1. The number of carbonyl (C=O) groups is 1. The van der Waals surface area contributed by atoms with Crippen LogP contribution in [-0.2, 0) is 0 Å². The number of aromatic nitrogens is 4. The highest BCUT2D eigenvalue weighted by Gasteiger charge is 2.14. The highest BCUT2D eigenvalue weighted by molar-refractivity contribution is 6.39. The molecule has 0 aliphatic carbocycles. The Hall–Kier alpha value is -3.16. The van der Waals surface area contributed by atoms with Gasteiger partial charge in [0.25, 0.3) is 0 Å². The van der Waals surface area contributed by atoms with Crippen molar-refractivity contribution in [2.24, 2.45) is 0 Å². The summed E-state index contributed by atoms with van der Waals surface area (Å²) in [6.45, 7) is 0. The number of anilines is 1. The lowest BCUT2D eigenvalue weighted by molar-refractivity contribution is 0.215. The smallest absolute Gasteiger partial charge is 0.410 e. The van der Waals surface area contributed by atoms with Crippen molar-refractivity contribution in [1.82, 2.24) is 19.9 Å². The van der Waals surface area contributed by atoms with Crippen LogP contribution in [0.5, 0.6) is 5.75 Å². The summed E-state index contributed by atoms with van der Waals surface area (Å²) in [5, 5.41) is 3.49. The maximum atomic E-state index is 12.0. The number of halogens is 2. The zero-order chi connectivity index (χ0) is 18.8. The van der Waals surface area contributed by atoms with Gasteiger partial charge in [-0.25, -0.2) is 19.7 Å². The molecule has 2 aromatic carbocycles. The molecule has 134 valence electrons. The summed E-state index contributed by atoms with van der Waals surface area (Å²) >= 11 is 12.5. The first kappa shape index (κ1) is 17.3. The summed E-state index contributed by atoms with van der Waals surface area (Å²) < 4.78 is 5.28. The van der Waals surface area contributed by atoms with E-state index >= 15 is 0 Å². The third-order valence-electron chi connectivity index (χ3n) is 3.68. The lowest BCUT2D eigenvalue weighted by Gasteiger charge is -2.05. The number of hydrogen-bond acceptors (Lipinski definition) is 5. The largest absolute Gasteiger partial charge is 0.418 e. The van der Waals surface area contributed by atoms with Crippen LogP contribution in [0, 0.1) is 0 Å². The van der Waals surface area contributed by atoms with E-state index in [4.69, 9.17) is 27.9 Å². The average Bonchev–Trinajstić information content (AvgIpc) is 3.05. The number of carbonyl (C=O) groups excluding carboxylic acids is 1. The zero-order valence-electron chi connectivity index (χ0n) is 13.6. The summed E-state index contributed by atoms with van der Waals surface area (Å²) in [4.78, 5) is 27.3. The van der Waals surface area contributed by atoms with Crippen molar-refractivity contribution < 1.29 is 9.53 Å². The lowest BCUT2D eigenvalue weighted by atomic mass is 10.2. The minimum atomic E-state index is -0.665. The van der Waals surface area contributed by atoms with E-state index in [1.807, 2.05) is 0 Å². The van der Waals surface area contributed by atoms with Crippen LogP contribution in [0.2, 0.25) is 10.0 Å². The molecule has 2 N–H and O–H groups in total. The Bertz CT molecular complexity index is 1110. The van der Waals surface area contributed by atoms with E-state index in [0.29, 0.717) is 44.0 Å². The number of fused-ring (bicyclic) bond motifs is 1. The highest BCUT2D eigenvalue weighted by Crippen LogP contribution is 2.34. The maximum Gasteiger partial charge on any atom is 0.418 e. The minimum absolute atomic E-state index is 0.341. The van der Waals surface area contributed by atoms with Gasteiger partial charge in [-0.1, -0.05) is 29.3 Å². The van der Waals surface area contributed by atoms with E-state index in [9.17, 15) is 4.79 Å². The number of amides is 1. The molecule has 0 saturated heterocycles. The molecule has 0 saturated carbocycles. The van der Waals surface area contributed by atoms with Gasteiger partial charge in [-0.05, 0) is 30.3 Å². The summed E-state index contributed by atoms with van der Waals surface area (Å²) in [5.41, 5.74) is 1.97. The van der Waals surface area contributed by atoms with Crippen LogP contribution < -0.4 is 10.1 Å². The number of nitrogens with one attached hydrogen (secondary N) is 2. The van der Waals surface area contributed by atoms with E-state index in [1.165, 1.54) is 12.5 Å². The fourth-order valence-corrected chi connectivity index (χ4v) is 3.07. The van der Waals surface area contributed by atoms with Crippen LogP contribution in [0.3, 0.4) is 0 Å². The molecule has 0 unspecified atom stereocenters. The van der Waals surface area contributed by atoms with Gasteiger partial charge >= 0.3 is 6.09 Å². The Morgan fingerprint density at radius 2 is 1.93 bits per heavy atom. The van der Waals surface area contributed by atoms with Gasteiger partial charge in [0.05, 0.1) is 26.6 Å². The van der Waals surface area contributed by atoms with Crippen LogP contribution in [0.1, 0.15) is 0 Å². The van der Waals surface area contributed by atoms with Crippen molar-refractivity contribution >= 4 is 46.1 Å². The molecule has 27 heavy (non-hydrogen) atoms. The second-order valence-corrected chi connectivity index (χ2v) is 6.28. The molecular weight excluding hydrogens is 389 g/mol. The normalized spacial score (nSPS) is 10.7. The molecule has 4 aromatic rings. The van der Waals surface area contributed by atoms with Gasteiger partial charge < -0.3 is 9.72 Å². The predicted molar refractivity (Wildman–Crippen MR) is 103 cm³/mol. The van der Waals surface area contributed by atoms with E-state index in [1.54, 1.807) is 42.5 Å². The van der Waals surface area contributed by atoms with Crippen LogP contribution in [-0.4, -0.2) is 26.0 Å². The van der Waals surface area contributed by atoms with E-state index < -0.39 is 6.09 Å². The zero-order valence-corrected chi connectivity index (χ0v) is 15.1. The van der Waals surface area contributed by atoms with Crippen molar-refractivity contribution in [3.63, 3.8) is 0 Å². The number of imidazole rings is 1. The number of H-pyrrole nitrogens is 1. The SMILES string of the molecule is O=C(Nc1ccncn1)Oc1ccc2nc(-c3c(Cl)cccc3Cl)[nH]c2c1. The second kappa shape index (κ2) is 7.22. The third kappa shape index (κ3) is 3.69. The van der Waals surface area contributed by atoms with Crippen LogP contribution in [0.25, 0.3) is 22.4 Å². The molecule has 2 aromatic heterocycles. The fourth-order valence-electron chi connectivity index (χ4n) is 2.50. The molecule has 0 atom stereocenters. The van der Waals surface area contributed by atoms with Gasteiger partial charge in [0.1, 0.15) is 23.7 Å². The van der Waals surface area contributed by atoms with Gasteiger partial charge in [0, 0.05) is 12.3 Å². The summed E-state index contributed by atoms with van der Waals surface area (Å²) in [7, 11) is 0. The van der Waals surface area contributed by atoms with Gasteiger partial charge in [-0.3, -0.25) is 5.32 Å². The second-order valence-electron chi connectivity index (χ2n) is 5.47. The Morgan fingerprint density at radius 1 is 1.11 bits per heavy atom. The van der Waals surface area contributed by atoms with Gasteiger partial charge in [0.2, 0.25) is 0 Å². The molecule has 0 aliphatic heterocycles.